The molecule has 0 amide bonds. The van der Waals surface area contributed by atoms with E-state index in [1.165, 1.54) is 5.75 Å². The smallest absolute Gasteiger partial charge is 0.0560 e. The van der Waals surface area contributed by atoms with E-state index in [1.54, 1.807) is 0 Å². The van der Waals surface area contributed by atoms with Gasteiger partial charge in [0.2, 0.25) is 0 Å². The zero-order chi connectivity index (χ0) is 7.11. The molecule has 0 bridgehead atoms. The molecule has 9 heavy (non-hydrogen) atoms. The average Bonchev–Trinajstić information content (AvgIpc) is 1.80. The molecule has 0 aromatic carbocycles. The van der Waals surface area contributed by atoms with E-state index in [2.05, 4.69) is 20.8 Å². The van der Waals surface area contributed by atoms with Gasteiger partial charge < -0.3 is 4.74 Å². The van der Waals surface area contributed by atoms with E-state index in [4.69, 9.17) is 4.74 Å². The maximum Gasteiger partial charge on any atom is 0.0560 e. The molecule has 0 aliphatic heterocycles. The lowest BCUT2D eigenvalue weighted by molar-refractivity contribution is 0.0920. The maximum atomic E-state index is 5.32. The fourth-order valence-electron chi connectivity index (χ4n) is 0.487. The van der Waals surface area contributed by atoms with Crippen LogP contribution in [-0.2, 0) is 4.74 Å². The highest BCUT2D eigenvalue weighted by Crippen LogP contribution is 1.98. The second-order valence-electron chi connectivity index (χ2n) is 2.12. The van der Waals surface area contributed by atoms with Crippen molar-refractivity contribution in [2.24, 2.45) is 0 Å². The third-order valence-electron chi connectivity index (χ3n) is 0.883. The van der Waals surface area contributed by atoms with E-state index in [0.29, 0.717) is 6.10 Å². The van der Waals surface area contributed by atoms with Gasteiger partial charge in [0.1, 0.15) is 0 Å². The summed E-state index contributed by atoms with van der Waals surface area (Å²) < 4.78 is 5.32. The van der Waals surface area contributed by atoms with Crippen LogP contribution < -0.4 is 0 Å². The Hall–Kier alpha value is 0.310. The SMILES string of the molecule is CCSCCOC(C)C. The molecule has 0 saturated heterocycles. The first kappa shape index (κ1) is 9.31. The Labute approximate surface area is 62.2 Å². The molecule has 0 N–H and O–H groups in total. The fraction of sp³-hybridized carbons (Fsp3) is 1.00. The van der Waals surface area contributed by atoms with Crippen LogP contribution in [0, 0.1) is 0 Å². The first-order valence-electron chi connectivity index (χ1n) is 3.46. The van der Waals surface area contributed by atoms with Gasteiger partial charge in [-0.2, -0.15) is 11.8 Å². The highest BCUT2D eigenvalue weighted by atomic mass is 32.2. The van der Waals surface area contributed by atoms with Crippen molar-refractivity contribution in [3.05, 3.63) is 0 Å². The molecule has 0 unspecified atom stereocenters. The number of hydrogen-bond acceptors (Lipinski definition) is 2. The predicted molar refractivity (Wildman–Crippen MR) is 44.1 cm³/mol. The fourth-order valence-corrected chi connectivity index (χ4v) is 0.990. The molecule has 1 nitrogen and oxygen atoms in total. The Balaban J connectivity index is 2.75. The number of hydrogen-bond donors (Lipinski definition) is 0. The normalized spacial score (nSPS) is 10.7. The number of rotatable bonds is 5. The standard InChI is InChI=1S/C7H16OS/c1-4-9-6-5-8-7(2)3/h7H,4-6H2,1-3H3. The highest BCUT2D eigenvalue weighted by Gasteiger charge is 1.90. The van der Waals surface area contributed by atoms with E-state index >= 15 is 0 Å². The summed E-state index contributed by atoms with van der Waals surface area (Å²) in [5.41, 5.74) is 0. The van der Waals surface area contributed by atoms with Gasteiger partial charge in [-0.1, -0.05) is 6.92 Å². The third kappa shape index (κ3) is 8.31. The van der Waals surface area contributed by atoms with Gasteiger partial charge in [-0.25, -0.2) is 0 Å². The zero-order valence-electron chi connectivity index (χ0n) is 6.52. The van der Waals surface area contributed by atoms with Crippen molar-refractivity contribution < 1.29 is 4.74 Å². The molecule has 0 radical (unpaired) electrons. The van der Waals surface area contributed by atoms with E-state index in [0.717, 1.165) is 12.4 Å². The topological polar surface area (TPSA) is 9.23 Å². The molecule has 0 aromatic rings. The summed E-state index contributed by atoms with van der Waals surface area (Å²) >= 11 is 1.93. The Morgan fingerprint density at radius 1 is 1.44 bits per heavy atom. The molecule has 0 aliphatic carbocycles. The van der Waals surface area contributed by atoms with Crippen LogP contribution in [0.4, 0.5) is 0 Å². The van der Waals surface area contributed by atoms with Crippen LogP contribution in [0.3, 0.4) is 0 Å². The van der Waals surface area contributed by atoms with Crippen molar-refractivity contribution in [1.29, 1.82) is 0 Å². The number of ether oxygens (including phenoxy) is 1. The van der Waals surface area contributed by atoms with Crippen LogP contribution in [0.25, 0.3) is 0 Å². The minimum Gasteiger partial charge on any atom is -0.378 e. The van der Waals surface area contributed by atoms with Gasteiger partial charge in [0, 0.05) is 5.75 Å². The van der Waals surface area contributed by atoms with Crippen molar-refractivity contribution in [3.63, 3.8) is 0 Å². The van der Waals surface area contributed by atoms with Crippen molar-refractivity contribution in [2.75, 3.05) is 18.1 Å². The van der Waals surface area contributed by atoms with Gasteiger partial charge in [0.25, 0.3) is 0 Å². The van der Waals surface area contributed by atoms with Gasteiger partial charge in [-0.3, -0.25) is 0 Å². The molecule has 0 aromatic heterocycles. The molecular weight excluding hydrogens is 132 g/mol. The summed E-state index contributed by atoms with van der Waals surface area (Å²) in [5.74, 6) is 2.33. The van der Waals surface area contributed by atoms with Gasteiger partial charge in [0.05, 0.1) is 12.7 Å². The molecule has 0 saturated carbocycles. The molecule has 0 aliphatic rings. The van der Waals surface area contributed by atoms with Gasteiger partial charge >= 0.3 is 0 Å². The molecule has 0 rings (SSSR count). The zero-order valence-corrected chi connectivity index (χ0v) is 7.33. The minimum absolute atomic E-state index is 0.391. The lowest BCUT2D eigenvalue weighted by atomic mass is 10.5. The van der Waals surface area contributed by atoms with Crippen molar-refractivity contribution in [3.8, 4) is 0 Å². The highest BCUT2D eigenvalue weighted by molar-refractivity contribution is 7.99. The van der Waals surface area contributed by atoms with Crippen LogP contribution in [0.15, 0.2) is 0 Å². The summed E-state index contributed by atoms with van der Waals surface area (Å²) in [6.45, 7) is 7.20. The van der Waals surface area contributed by atoms with Crippen molar-refractivity contribution in [1.82, 2.24) is 0 Å². The van der Waals surface area contributed by atoms with Crippen LogP contribution >= 0.6 is 11.8 Å². The largest absolute Gasteiger partial charge is 0.378 e. The van der Waals surface area contributed by atoms with E-state index in [1.807, 2.05) is 11.8 Å². The van der Waals surface area contributed by atoms with Gasteiger partial charge in [0.15, 0.2) is 0 Å². The first-order valence-corrected chi connectivity index (χ1v) is 4.62. The Bertz CT molecular complexity index is 54.9. The van der Waals surface area contributed by atoms with E-state index in [-0.39, 0.29) is 0 Å². The second-order valence-corrected chi connectivity index (χ2v) is 3.51. The molecule has 2 heteroatoms. The molecule has 0 heterocycles. The third-order valence-corrected chi connectivity index (χ3v) is 1.75. The Kier molecular flexibility index (Phi) is 6.65. The Morgan fingerprint density at radius 2 is 2.11 bits per heavy atom. The average molecular weight is 148 g/mol. The minimum atomic E-state index is 0.391. The van der Waals surface area contributed by atoms with Gasteiger partial charge in [-0.15, -0.1) is 0 Å². The molecule has 0 fully saturated rings. The van der Waals surface area contributed by atoms with Crippen LogP contribution in [0.1, 0.15) is 20.8 Å². The van der Waals surface area contributed by atoms with Gasteiger partial charge in [-0.05, 0) is 19.6 Å². The number of thioether (sulfide) groups is 1. The summed E-state index contributed by atoms with van der Waals surface area (Å²) in [6, 6.07) is 0. The Morgan fingerprint density at radius 3 is 2.56 bits per heavy atom. The van der Waals surface area contributed by atoms with Crippen molar-refractivity contribution >= 4 is 11.8 Å². The molecule has 0 atom stereocenters. The lowest BCUT2D eigenvalue weighted by Crippen LogP contribution is -2.05. The maximum absolute atomic E-state index is 5.32. The monoisotopic (exact) mass is 148 g/mol. The van der Waals surface area contributed by atoms with Crippen molar-refractivity contribution in [2.45, 2.75) is 26.9 Å². The lowest BCUT2D eigenvalue weighted by Gasteiger charge is -2.05. The van der Waals surface area contributed by atoms with E-state index in [9.17, 15) is 0 Å². The molecular formula is C7H16OS. The summed E-state index contributed by atoms with van der Waals surface area (Å²) in [5, 5.41) is 0. The predicted octanol–water partition coefficient (Wildman–Crippen LogP) is 2.16. The van der Waals surface area contributed by atoms with Crippen LogP contribution in [-0.4, -0.2) is 24.2 Å². The molecule has 56 valence electrons. The second kappa shape index (κ2) is 6.43. The quantitative estimate of drug-likeness (QED) is 0.553. The summed E-state index contributed by atoms with van der Waals surface area (Å²) in [6.07, 6.45) is 0.391. The first-order chi connectivity index (χ1) is 4.27. The van der Waals surface area contributed by atoms with Crippen LogP contribution in [0.2, 0.25) is 0 Å². The summed E-state index contributed by atoms with van der Waals surface area (Å²) in [4.78, 5) is 0. The van der Waals surface area contributed by atoms with E-state index < -0.39 is 0 Å². The summed E-state index contributed by atoms with van der Waals surface area (Å²) in [7, 11) is 0. The van der Waals surface area contributed by atoms with Crippen LogP contribution in [0.5, 0.6) is 0 Å². The molecule has 0 spiro atoms.